The zero-order chi connectivity index (χ0) is 11.2. The fraction of sp³-hybridized carbons (Fsp3) is 0.364. The molecule has 15 heavy (non-hydrogen) atoms. The molecule has 0 unspecified atom stereocenters. The Bertz CT molecular complexity index is 429. The third-order valence-electron chi connectivity index (χ3n) is 2.72. The van der Waals surface area contributed by atoms with Gasteiger partial charge in [-0.15, -0.1) is 0 Å². The summed E-state index contributed by atoms with van der Waals surface area (Å²) in [5.74, 6) is 0.0687. The fourth-order valence-corrected chi connectivity index (χ4v) is 2.38. The van der Waals surface area contributed by atoms with E-state index in [0.717, 1.165) is 15.6 Å². The van der Waals surface area contributed by atoms with Crippen LogP contribution in [0.2, 0.25) is 0 Å². The van der Waals surface area contributed by atoms with Gasteiger partial charge in [0.25, 0.3) is 5.91 Å². The first-order valence-corrected chi connectivity index (χ1v) is 5.69. The Hall–Kier alpha value is -1.03. The number of anilines is 1. The number of halogens is 1. The highest BCUT2D eigenvalue weighted by molar-refractivity contribution is 9.10. The highest BCUT2D eigenvalue weighted by Crippen LogP contribution is 2.34. The Morgan fingerprint density at radius 2 is 2.13 bits per heavy atom. The van der Waals surface area contributed by atoms with Crippen LogP contribution in [0.25, 0.3) is 0 Å². The molecule has 4 heteroatoms. The van der Waals surface area contributed by atoms with Gasteiger partial charge in [-0.25, -0.2) is 0 Å². The standard InChI is InChI=1S/C11H13BrN2O/c1-6(2)14-5-7-9(13)4-3-8(12)10(7)11(14)15/h3-4,6H,5,13H2,1-2H3. The second kappa shape index (κ2) is 3.52. The van der Waals surface area contributed by atoms with Gasteiger partial charge in [0.05, 0.1) is 5.56 Å². The number of carbonyl (C=O) groups excluding carboxylic acids is 1. The lowest BCUT2D eigenvalue weighted by Crippen LogP contribution is -2.30. The predicted octanol–water partition coefficient (Wildman–Crippen LogP) is 2.40. The van der Waals surface area contributed by atoms with Crippen molar-refractivity contribution in [2.75, 3.05) is 5.73 Å². The van der Waals surface area contributed by atoms with Crippen molar-refractivity contribution >= 4 is 27.5 Å². The maximum atomic E-state index is 12.1. The largest absolute Gasteiger partial charge is 0.398 e. The number of benzene rings is 1. The van der Waals surface area contributed by atoms with E-state index in [1.54, 1.807) is 0 Å². The van der Waals surface area contributed by atoms with E-state index in [0.29, 0.717) is 12.2 Å². The Balaban J connectivity index is 2.54. The third kappa shape index (κ3) is 1.53. The van der Waals surface area contributed by atoms with E-state index in [9.17, 15) is 4.79 Å². The minimum atomic E-state index is 0.0687. The van der Waals surface area contributed by atoms with Crippen LogP contribution in [0.5, 0.6) is 0 Å². The number of fused-ring (bicyclic) bond motifs is 1. The molecule has 0 saturated carbocycles. The number of carbonyl (C=O) groups is 1. The van der Waals surface area contributed by atoms with Crippen LogP contribution in [0.3, 0.4) is 0 Å². The van der Waals surface area contributed by atoms with Gasteiger partial charge in [0.15, 0.2) is 0 Å². The average molecular weight is 269 g/mol. The highest BCUT2D eigenvalue weighted by atomic mass is 79.9. The number of nitrogen functional groups attached to an aromatic ring is 1. The molecule has 1 amide bonds. The molecular formula is C11H13BrN2O. The lowest BCUT2D eigenvalue weighted by Gasteiger charge is -2.19. The van der Waals surface area contributed by atoms with Crippen LogP contribution in [0.15, 0.2) is 16.6 Å². The third-order valence-corrected chi connectivity index (χ3v) is 3.39. The van der Waals surface area contributed by atoms with Crippen LogP contribution in [0, 0.1) is 0 Å². The molecule has 80 valence electrons. The fourth-order valence-electron chi connectivity index (χ4n) is 1.84. The van der Waals surface area contributed by atoms with E-state index in [1.165, 1.54) is 0 Å². The molecule has 1 aliphatic heterocycles. The highest BCUT2D eigenvalue weighted by Gasteiger charge is 2.32. The SMILES string of the molecule is CC(C)N1Cc2c(N)ccc(Br)c2C1=O. The van der Waals surface area contributed by atoms with E-state index < -0.39 is 0 Å². The molecule has 0 fully saturated rings. The maximum Gasteiger partial charge on any atom is 0.255 e. The van der Waals surface area contributed by atoms with Crippen molar-refractivity contribution in [1.82, 2.24) is 4.90 Å². The van der Waals surface area contributed by atoms with Crippen LogP contribution in [-0.2, 0) is 6.54 Å². The maximum absolute atomic E-state index is 12.1. The second-order valence-corrected chi connectivity index (χ2v) is 4.87. The first-order valence-electron chi connectivity index (χ1n) is 4.90. The zero-order valence-electron chi connectivity index (χ0n) is 8.75. The summed E-state index contributed by atoms with van der Waals surface area (Å²) in [5, 5.41) is 0. The summed E-state index contributed by atoms with van der Waals surface area (Å²) in [6.45, 7) is 4.64. The van der Waals surface area contributed by atoms with Gasteiger partial charge in [-0.3, -0.25) is 4.79 Å². The normalized spacial score (nSPS) is 14.9. The minimum Gasteiger partial charge on any atom is -0.398 e. The molecular weight excluding hydrogens is 256 g/mol. The van der Waals surface area contributed by atoms with Crippen molar-refractivity contribution in [3.05, 3.63) is 27.7 Å². The Morgan fingerprint density at radius 1 is 1.47 bits per heavy atom. The Kier molecular flexibility index (Phi) is 2.46. The van der Waals surface area contributed by atoms with Gasteiger partial charge >= 0.3 is 0 Å². The molecule has 2 rings (SSSR count). The molecule has 1 aliphatic rings. The Morgan fingerprint density at radius 3 is 2.67 bits per heavy atom. The smallest absolute Gasteiger partial charge is 0.255 e. The molecule has 0 radical (unpaired) electrons. The van der Waals surface area contributed by atoms with E-state index in [1.807, 2.05) is 30.9 Å². The summed E-state index contributed by atoms with van der Waals surface area (Å²) in [5.41, 5.74) is 8.24. The Labute approximate surface area is 97.4 Å². The van der Waals surface area contributed by atoms with Gasteiger partial charge in [0.1, 0.15) is 0 Å². The van der Waals surface area contributed by atoms with Crippen molar-refractivity contribution in [2.24, 2.45) is 0 Å². The first kappa shape index (κ1) is 10.5. The summed E-state index contributed by atoms with van der Waals surface area (Å²) >= 11 is 3.40. The summed E-state index contributed by atoms with van der Waals surface area (Å²) in [6, 6.07) is 3.87. The van der Waals surface area contributed by atoms with Crippen LogP contribution in [-0.4, -0.2) is 16.8 Å². The van der Waals surface area contributed by atoms with E-state index in [2.05, 4.69) is 15.9 Å². The number of amides is 1. The summed E-state index contributed by atoms with van der Waals surface area (Å²) in [6.07, 6.45) is 0. The van der Waals surface area contributed by atoms with Crippen molar-refractivity contribution in [3.63, 3.8) is 0 Å². The van der Waals surface area contributed by atoms with Gasteiger partial charge in [-0.1, -0.05) is 0 Å². The predicted molar refractivity (Wildman–Crippen MR) is 63.6 cm³/mol. The quantitative estimate of drug-likeness (QED) is 0.796. The van der Waals surface area contributed by atoms with Gasteiger partial charge in [0.2, 0.25) is 0 Å². The molecule has 0 atom stereocenters. The number of rotatable bonds is 1. The zero-order valence-corrected chi connectivity index (χ0v) is 10.3. The van der Waals surface area contributed by atoms with Crippen LogP contribution in [0.1, 0.15) is 29.8 Å². The molecule has 0 bridgehead atoms. The van der Waals surface area contributed by atoms with Crippen molar-refractivity contribution in [2.45, 2.75) is 26.4 Å². The number of hydrogen-bond acceptors (Lipinski definition) is 2. The van der Waals surface area contributed by atoms with Crippen LogP contribution in [0.4, 0.5) is 5.69 Å². The van der Waals surface area contributed by atoms with Gasteiger partial charge in [0, 0.05) is 28.3 Å². The van der Waals surface area contributed by atoms with Gasteiger partial charge < -0.3 is 10.6 Å². The van der Waals surface area contributed by atoms with Gasteiger partial charge in [-0.2, -0.15) is 0 Å². The summed E-state index contributed by atoms with van der Waals surface area (Å²) < 4.78 is 0.833. The second-order valence-electron chi connectivity index (χ2n) is 4.02. The van der Waals surface area contributed by atoms with Crippen LogP contribution >= 0.6 is 15.9 Å². The number of nitrogens with zero attached hydrogens (tertiary/aromatic N) is 1. The monoisotopic (exact) mass is 268 g/mol. The summed E-state index contributed by atoms with van der Waals surface area (Å²) in [4.78, 5) is 13.9. The van der Waals surface area contributed by atoms with Crippen LogP contribution < -0.4 is 5.73 Å². The molecule has 1 heterocycles. The lowest BCUT2D eigenvalue weighted by molar-refractivity contribution is 0.0730. The van der Waals surface area contributed by atoms with Crippen molar-refractivity contribution in [1.29, 1.82) is 0 Å². The van der Waals surface area contributed by atoms with Gasteiger partial charge in [-0.05, 0) is 41.9 Å². The topological polar surface area (TPSA) is 46.3 Å². The molecule has 0 saturated heterocycles. The molecule has 1 aromatic rings. The lowest BCUT2D eigenvalue weighted by atomic mass is 10.1. The van der Waals surface area contributed by atoms with E-state index >= 15 is 0 Å². The molecule has 1 aromatic carbocycles. The van der Waals surface area contributed by atoms with E-state index in [4.69, 9.17) is 5.73 Å². The molecule has 3 nitrogen and oxygen atoms in total. The average Bonchev–Trinajstić information content (AvgIpc) is 2.51. The minimum absolute atomic E-state index is 0.0687. The van der Waals surface area contributed by atoms with E-state index in [-0.39, 0.29) is 11.9 Å². The molecule has 0 aliphatic carbocycles. The first-order chi connectivity index (χ1) is 7.02. The number of hydrogen-bond donors (Lipinski definition) is 1. The number of nitrogens with two attached hydrogens (primary N) is 1. The van der Waals surface area contributed by atoms with Crippen molar-refractivity contribution in [3.8, 4) is 0 Å². The molecule has 0 spiro atoms. The molecule has 0 aromatic heterocycles. The molecule has 2 N–H and O–H groups in total. The van der Waals surface area contributed by atoms with Crippen molar-refractivity contribution < 1.29 is 4.79 Å². The summed E-state index contributed by atoms with van der Waals surface area (Å²) in [7, 11) is 0.